The summed E-state index contributed by atoms with van der Waals surface area (Å²) in [4.78, 5) is 46.4. The monoisotopic (exact) mass is 706 g/mol. The molecule has 2 amide bonds. The molecule has 3 N–H and O–H groups in total. The number of carbonyl (C=O) groups is 2. The molecule has 12 nitrogen and oxygen atoms in total. The molecule has 1 aliphatic carbocycles. The van der Waals surface area contributed by atoms with Crippen molar-refractivity contribution in [3.63, 3.8) is 0 Å². The fraction of sp³-hybridized carbons (Fsp3) is 0.343. The first kappa shape index (κ1) is 33.8. The quantitative estimate of drug-likeness (QED) is 0.165. The van der Waals surface area contributed by atoms with Crippen LogP contribution in [-0.2, 0) is 11.8 Å². The first-order chi connectivity index (χ1) is 24.3. The average molecular weight is 707 g/mol. The predicted molar refractivity (Wildman–Crippen MR) is 182 cm³/mol. The number of pyridine rings is 1. The summed E-state index contributed by atoms with van der Waals surface area (Å²) < 4.78 is 63.7. The van der Waals surface area contributed by atoms with E-state index in [1.54, 1.807) is 29.3 Å². The molecule has 0 bridgehead atoms. The Labute approximate surface area is 287 Å². The van der Waals surface area contributed by atoms with E-state index in [-0.39, 0.29) is 23.8 Å². The molecule has 4 aromatic heterocycles. The molecular weight excluding hydrogens is 672 g/mol. The van der Waals surface area contributed by atoms with Crippen LogP contribution in [0.15, 0.2) is 53.6 Å². The van der Waals surface area contributed by atoms with E-state index >= 15 is 4.39 Å². The van der Waals surface area contributed by atoms with Crippen LogP contribution in [0.4, 0.5) is 22.4 Å². The second kappa shape index (κ2) is 12.6. The summed E-state index contributed by atoms with van der Waals surface area (Å²) >= 11 is 0. The number of aryl methyl sites for hydroxylation is 1. The van der Waals surface area contributed by atoms with Crippen molar-refractivity contribution >= 4 is 45.0 Å². The molecule has 1 saturated carbocycles. The number of H-pyrrole nitrogens is 1. The lowest BCUT2D eigenvalue weighted by Crippen LogP contribution is -2.34. The Kier molecular flexibility index (Phi) is 8.34. The number of alkyl halides is 3. The van der Waals surface area contributed by atoms with Crippen molar-refractivity contribution in [1.29, 1.82) is 0 Å². The van der Waals surface area contributed by atoms with E-state index in [2.05, 4.69) is 20.4 Å². The number of imidazole rings is 1. The van der Waals surface area contributed by atoms with Crippen LogP contribution in [0, 0.1) is 5.82 Å². The van der Waals surface area contributed by atoms with Crippen molar-refractivity contribution in [3.8, 4) is 22.4 Å². The molecule has 0 saturated heterocycles. The Morgan fingerprint density at radius 2 is 1.84 bits per heavy atom. The molecule has 6 aromatic rings. The molecule has 0 unspecified atom stereocenters. The smallest absolute Gasteiger partial charge is 0.407 e. The Balaban J connectivity index is 1.44. The third-order valence-electron chi connectivity index (χ3n) is 9.47. The number of ether oxygens (including phenoxy) is 1. The number of halogens is 4. The van der Waals surface area contributed by atoms with Gasteiger partial charge in [0.25, 0.3) is 5.91 Å². The molecule has 266 valence electrons. The Morgan fingerprint density at radius 1 is 1.08 bits per heavy atom. The van der Waals surface area contributed by atoms with Gasteiger partial charge in [-0.05, 0) is 62.9 Å². The number of hydrogen-bond donors (Lipinski definition) is 3. The van der Waals surface area contributed by atoms with E-state index in [9.17, 15) is 27.6 Å². The molecule has 4 heterocycles. The summed E-state index contributed by atoms with van der Waals surface area (Å²) in [5, 5.41) is 10.5. The Morgan fingerprint density at radius 3 is 2.55 bits per heavy atom. The minimum Gasteiger partial charge on any atom is -0.453 e. The SMILES string of the molecule is COC(=O)N[C@@H]1CC[C@@H](n2c(=O)n(C)c3cnc4[nH]c(-c5ccc(C(=O)NCC(F)(F)F)c(F)c5)c(-c5ccc6c(cnn6C(C)C)c5)c4c32)C1. The number of aromatic nitrogens is 6. The van der Waals surface area contributed by atoms with Crippen LogP contribution in [-0.4, -0.2) is 66.8 Å². The van der Waals surface area contributed by atoms with Gasteiger partial charge in [0.1, 0.15) is 18.0 Å². The molecule has 51 heavy (non-hydrogen) atoms. The highest BCUT2D eigenvalue weighted by Gasteiger charge is 2.33. The number of rotatable bonds is 7. The van der Waals surface area contributed by atoms with Gasteiger partial charge >= 0.3 is 18.0 Å². The predicted octanol–water partition coefficient (Wildman–Crippen LogP) is 6.36. The lowest BCUT2D eigenvalue weighted by Gasteiger charge is -2.15. The van der Waals surface area contributed by atoms with Crippen molar-refractivity contribution in [3.05, 3.63) is 70.7 Å². The summed E-state index contributed by atoms with van der Waals surface area (Å²) in [7, 11) is 2.95. The molecule has 1 aliphatic rings. The van der Waals surface area contributed by atoms with Crippen molar-refractivity contribution in [2.75, 3.05) is 13.7 Å². The lowest BCUT2D eigenvalue weighted by molar-refractivity contribution is -0.123. The first-order valence-corrected chi connectivity index (χ1v) is 16.3. The molecule has 1 fully saturated rings. The fourth-order valence-electron chi connectivity index (χ4n) is 7.12. The maximum Gasteiger partial charge on any atom is 0.407 e. The number of alkyl carbamates (subject to hydrolysis) is 1. The molecule has 2 aromatic carbocycles. The van der Waals surface area contributed by atoms with Crippen LogP contribution in [0.5, 0.6) is 0 Å². The first-order valence-electron chi connectivity index (χ1n) is 16.3. The molecular formula is C35H34F4N8O4. The zero-order valence-electron chi connectivity index (χ0n) is 28.1. The number of carbonyl (C=O) groups excluding carboxylic acids is 2. The van der Waals surface area contributed by atoms with Crippen molar-refractivity contribution in [2.24, 2.45) is 7.05 Å². The number of nitrogens with zero attached hydrogens (tertiary/aromatic N) is 5. The number of hydrogen-bond acceptors (Lipinski definition) is 6. The van der Waals surface area contributed by atoms with Gasteiger partial charge in [0.05, 0.1) is 52.7 Å². The second-order valence-corrected chi connectivity index (χ2v) is 13.1. The van der Waals surface area contributed by atoms with Crippen LogP contribution >= 0.6 is 0 Å². The van der Waals surface area contributed by atoms with Crippen molar-refractivity contribution in [1.82, 2.24) is 39.5 Å². The van der Waals surface area contributed by atoms with Gasteiger partial charge in [-0.15, -0.1) is 0 Å². The summed E-state index contributed by atoms with van der Waals surface area (Å²) in [5.74, 6) is -2.22. The van der Waals surface area contributed by atoms with E-state index in [0.717, 1.165) is 23.0 Å². The van der Waals surface area contributed by atoms with Gasteiger partial charge in [-0.2, -0.15) is 18.3 Å². The number of aromatic amines is 1. The van der Waals surface area contributed by atoms with E-state index in [4.69, 9.17) is 4.74 Å². The number of benzene rings is 2. The summed E-state index contributed by atoms with van der Waals surface area (Å²) in [6.45, 7) is 2.44. The van der Waals surface area contributed by atoms with Crippen LogP contribution in [0.2, 0.25) is 0 Å². The van der Waals surface area contributed by atoms with Crippen LogP contribution < -0.4 is 16.3 Å². The standard InChI is InChI=1S/C35H34F4N8O4/c1-17(2)47-25-10-6-18(11-20(25)14-42-47)27-28-30-26(45(3)34(50)46(30)22-8-7-21(13-22)43-33(49)51-4)15-40-31(28)44-29(27)19-5-9-23(24(36)12-19)32(48)41-16-35(37,38)39/h5-6,9-12,14-15,17,21-22H,7-8,13,16H2,1-4H3,(H,40,44)(H,41,48)(H,43,49)/t21-,22-/m1/s1. The minimum atomic E-state index is -4.66. The maximum atomic E-state index is 15.5. The average Bonchev–Trinajstić information content (AvgIpc) is 3.87. The summed E-state index contributed by atoms with van der Waals surface area (Å²) in [6.07, 6.45) is -0.166. The zero-order valence-corrected chi connectivity index (χ0v) is 28.1. The van der Waals surface area contributed by atoms with Crippen LogP contribution in [0.1, 0.15) is 55.6 Å². The van der Waals surface area contributed by atoms with E-state index in [1.165, 1.54) is 17.7 Å². The summed E-state index contributed by atoms with van der Waals surface area (Å²) in [5.41, 5.74) is 3.64. The highest BCUT2D eigenvalue weighted by atomic mass is 19.4. The van der Waals surface area contributed by atoms with Gasteiger partial charge in [0.15, 0.2) is 0 Å². The van der Waals surface area contributed by atoms with Gasteiger partial charge < -0.3 is 20.4 Å². The highest BCUT2D eigenvalue weighted by Crippen LogP contribution is 2.43. The zero-order chi connectivity index (χ0) is 36.4. The normalized spacial score (nSPS) is 16.5. The third-order valence-corrected chi connectivity index (χ3v) is 9.47. The van der Waals surface area contributed by atoms with E-state index < -0.39 is 36.1 Å². The summed E-state index contributed by atoms with van der Waals surface area (Å²) in [6, 6.07) is 9.05. The van der Waals surface area contributed by atoms with Gasteiger partial charge in [-0.25, -0.2) is 19.0 Å². The van der Waals surface area contributed by atoms with Crippen molar-refractivity contribution in [2.45, 2.75) is 57.4 Å². The molecule has 0 radical (unpaired) electrons. The van der Waals surface area contributed by atoms with Gasteiger partial charge in [-0.3, -0.25) is 18.6 Å². The minimum absolute atomic E-state index is 0.0957. The van der Waals surface area contributed by atoms with Crippen LogP contribution in [0.3, 0.4) is 0 Å². The lowest BCUT2D eigenvalue weighted by atomic mass is 9.96. The molecule has 0 spiro atoms. The number of amides is 2. The van der Waals surface area contributed by atoms with Crippen LogP contribution in [0.25, 0.3) is 55.4 Å². The van der Waals surface area contributed by atoms with Crippen molar-refractivity contribution < 1.29 is 31.9 Å². The van der Waals surface area contributed by atoms with Gasteiger partial charge in [-0.1, -0.05) is 12.1 Å². The van der Waals surface area contributed by atoms with Gasteiger partial charge in [0.2, 0.25) is 0 Å². The van der Waals surface area contributed by atoms with E-state index in [0.29, 0.717) is 63.7 Å². The maximum absolute atomic E-state index is 15.5. The number of methoxy groups -OCH3 is 1. The van der Waals surface area contributed by atoms with E-state index in [1.807, 2.05) is 36.7 Å². The molecule has 16 heteroatoms. The number of fused-ring (bicyclic) bond motifs is 4. The molecule has 2 atom stereocenters. The molecule has 7 rings (SSSR count). The largest absolute Gasteiger partial charge is 0.453 e. The second-order valence-electron chi connectivity index (χ2n) is 13.1. The Bertz CT molecular complexity index is 2400. The Hall–Kier alpha value is -5.67. The third kappa shape index (κ3) is 5.97. The number of nitrogens with one attached hydrogen (secondary N) is 3. The van der Waals surface area contributed by atoms with Gasteiger partial charge in [0, 0.05) is 41.7 Å². The topological polar surface area (TPSA) is 141 Å². The molecule has 0 aliphatic heterocycles. The fourth-order valence-corrected chi connectivity index (χ4v) is 7.12. The highest BCUT2D eigenvalue weighted by molar-refractivity contribution is 6.15.